The number of aliphatic hydroxyl groups excluding tert-OH is 1. The molecule has 8 nitrogen and oxygen atoms in total. The summed E-state index contributed by atoms with van der Waals surface area (Å²) in [7, 11) is 1.59. The van der Waals surface area contributed by atoms with Crippen molar-refractivity contribution >= 4 is 29.2 Å². The van der Waals surface area contributed by atoms with E-state index in [0.717, 1.165) is 40.7 Å². The van der Waals surface area contributed by atoms with Crippen LogP contribution in [0.15, 0.2) is 66.7 Å². The number of hydrogen-bond acceptors (Lipinski definition) is 7. The van der Waals surface area contributed by atoms with E-state index in [1.165, 1.54) is 6.07 Å². The van der Waals surface area contributed by atoms with E-state index in [2.05, 4.69) is 18.2 Å². The highest BCUT2D eigenvalue weighted by atomic mass is 35.5. The Morgan fingerprint density at radius 3 is 2.38 bits per heavy atom. The van der Waals surface area contributed by atoms with Gasteiger partial charge in [0.15, 0.2) is 0 Å². The lowest BCUT2D eigenvalue weighted by molar-refractivity contribution is -0.143. The summed E-state index contributed by atoms with van der Waals surface area (Å²) in [6.07, 6.45) is 3.37. The summed E-state index contributed by atoms with van der Waals surface area (Å²) in [6, 6.07) is 24.4. The minimum absolute atomic E-state index is 0.0980. The average Bonchev–Trinajstić information content (AvgIpc) is 3.51. The Morgan fingerprint density at radius 1 is 0.958 bits per heavy atom. The number of nitrogens with zero attached hydrogens (tertiary/aromatic N) is 2. The molecule has 4 aromatic carbocycles. The number of rotatable bonds is 14. The maximum atomic E-state index is 11.3. The Balaban J connectivity index is 1.41. The number of aliphatic hydroxyl groups is 1. The van der Waals surface area contributed by atoms with E-state index >= 15 is 0 Å². The van der Waals surface area contributed by atoms with Crippen LogP contribution in [0, 0.1) is 28.6 Å². The highest BCUT2D eigenvalue weighted by Crippen LogP contribution is 2.45. The number of carboxylic acids is 1. The second-order valence-electron chi connectivity index (χ2n) is 11.6. The summed E-state index contributed by atoms with van der Waals surface area (Å²) in [4.78, 5) is 11.3. The van der Waals surface area contributed by atoms with E-state index < -0.39 is 18.5 Å². The van der Waals surface area contributed by atoms with E-state index in [1.54, 1.807) is 25.3 Å². The third-order valence-corrected chi connectivity index (χ3v) is 9.22. The Labute approximate surface area is 289 Å². The van der Waals surface area contributed by atoms with Crippen molar-refractivity contribution in [3.8, 4) is 40.5 Å². The molecule has 0 fully saturated rings. The molecule has 0 spiro atoms. The van der Waals surface area contributed by atoms with Gasteiger partial charge in [-0.25, -0.2) is 0 Å². The molecule has 0 radical (unpaired) electrons. The number of benzene rings is 4. The summed E-state index contributed by atoms with van der Waals surface area (Å²) in [5.74, 6) is -0.239. The molecule has 0 amide bonds. The average molecular weight is 686 g/mol. The predicted molar refractivity (Wildman–Crippen MR) is 183 cm³/mol. The van der Waals surface area contributed by atoms with Gasteiger partial charge in [0.05, 0.1) is 52.9 Å². The first-order valence-electron chi connectivity index (χ1n) is 15.6. The molecule has 0 bridgehead atoms. The SMILES string of the molecule is COc1cccc(-c2cccc3c2CC[C@@H]3Oc2cc(OCc3cc(C#N)cc(C#N)c3)c(CCCC[C@@H](CO)C(=O)O)cc2Cl)c1Cl. The molecule has 5 rings (SSSR count). The van der Waals surface area contributed by atoms with Gasteiger partial charge in [-0.2, -0.15) is 10.5 Å². The first kappa shape index (κ1) is 34.6. The molecule has 1 aliphatic carbocycles. The highest BCUT2D eigenvalue weighted by Gasteiger charge is 2.28. The van der Waals surface area contributed by atoms with Crippen LogP contribution in [0.5, 0.6) is 17.2 Å². The fraction of sp³-hybridized carbons (Fsp3) is 0.289. The van der Waals surface area contributed by atoms with Crippen LogP contribution in [-0.2, 0) is 24.2 Å². The lowest BCUT2D eigenvalue weighted by atomic mass is 9.96. The maximum absolute atomic E-state index is 11.3. The number of methoxy groups -OCH3 is 1. The zero-order chi connectivity index (χ0) is 34.2. The Morgan fingerprint density at radius 2 is 1.69 bits per heavy atom. The van der Waals surface area contributed by atoms with E-state index in [1.807, 2.05) is 36.4 Å². The van der Waals surface area contributed by atoms with Gasteiger partial charge in [0, 0.05) is 11.6 Å². The Kier molecular flexibility index (Phi) is 11.5. The second-order valence-corrected chi connectivity index (χ2v) is 12.4. The fourth-order valence-electron chi connectivity index (χ4n) is 6.08. The van der Waals surface area contributed by atoms with Gasteiger partial charge in [-0.15, -0.1) is 0 Å². The lowest BCUT2D eigenvalue weighted by Gasteiger charge is -2.20. The molecule has 0 aliphatic heterocycles. The minimum atomic E-state index is -1.02. The second kappa shape index (κ2) is 15.9. The Bertz CT molecular complexity index is 1870. The molecule has 0 saturated heterocycles. The van der Waals surface area contributed by atoms with Crippen molar-refractivity contribution in [1.82, 2.24) is 0 Å². The minimum Gasteiger partial charge on any atom is -0.495 e. The molecule has 0 unspecified atom stereocenters. The molecule has 1 aliphatic rings. The first-order chi connectivity index (χ1) is 23.3. The van der Waals surface area contributed by atoms with Gasteiger partial charge < -0.3 is 24.4 Å². The Hall–Kier alpha value is -4.73. The van der Waals surface area contributed by atoms with Crippen molar-refractivity contribution in [2.45, 2.75) is 51.2 Å². The molecule has 4 aromatic rings. The van der Waals surface area contributed by atoms with Gasteiger partial charge in [-0.3, -0.25) is 4.79 Å². The highest BCUT2D eigenvalue weighted by molar-refractivity contribution is 6.35. The van der Waals surface area contributed by atoms with Crippen molar-refractivity contribution in [3.05, 3.63) is 110 Å². The molecule has 2 N–H and O–H groups in total. The van der Waals surface area contributed by atoms with Crippen LogP contribution < -0.4 is 14.2 Å². The van der Waals surface area contributed by atoms with Gasteiger partial charge in [0.2, 0.25) is 0 Å². The topological polar surface area (TPSA) is 133 Å². The van der Waals surface area contributed by atoms with Crippen LogP contribution >= 0.6 is 23.2 Å². The third kappa shape index (κ3) is 7.86. The van der Waals surface area contributed by atoms with Crippen LogP contribution in [0.2, 0.25) is 10.0 Å². The zero-order valence-corrected chi connectivity index (χ0v) is 27.9. The molecule has 2 atom stereocenters. The smallest absolute Gasteiger partial charge is 0.308 e. The maximum Gasteiger partial charge on any atom is 0.308 e. The number of fused-ring (bicyclic) bond motifs is 1. The van der Waals surface area contributed by atoms with Crippen molar-refractivity contribution in [3.63, 3.8) is 0 Å². The standard InChI is InChI=1S/C38H34Cl2N2O6/c1-46-34-11-5-10-31(37(34)40)28-8-4-9-30-29(28)12-13-33(30)48-36-18-35(47-22-25-15-23(19-41)14-24(16-25)20-42)26(17-32(36)39)6-2-3-7-27(21-43)38(44)45/h4-5,8-11,14-18,27,33,43H,2-3,6-7,12-13,21-22H2,1H3,(H,44,45)/t27-,33-/m0/s1. The summed E-state index contributed by atoms with van der Waals surface area (Å²) in [6.45, 7) is -0.312. The molecule has 0 aromatic heterocycles. The summed E-state index contributed by atoms with van der Waals surface area (Å²) < 4.78 is 18.3. The fourth-order valence-corrected chi connectivity index (χ4v) is 6.62. The van der Waals surface area contributed by atoms with Crippen LogP contribution in [0.1, 0.15) is 65.2 Å². The molecular weight excluding hydrogens is 651 g/mol. The summed E-state index contributed by atoms with van der Waals surface area (Å²) >= 11 is 13.5. The number of halogens is 2. The quantitative estimate of drug-likeness (QED) is 0.126. The van der Waals surface area contributed by atoms with Crippen LogP contribution in [-0.4, -0.2) is 29.9 Å². The van der Waals surface area contributed by atoms with Gasteiger partial charge in [0.1, 0.15) is 30.0 Å². The van der Waals surface area contributed by atoms with Crippen LogP contribution in [0.4, 0.5) is 0 Å². The number of unbranched alkanes of at least 4 members (excludes halogenated alkanes) is 1. The number of carbonyl (C=O) groups is 1. The van der Waals surface area contributed by atoms with Crippen LogP contribution in [0.3, 0.4) is 0 Å². The summed E-state index contributed by atoms with van der Waals surface area (Å²) in [5, 5.41) is 38.5. The molecule has 246 valence electrons. The normalized spacial score (nSPS) is 14.0. The van der Waals surface area contributed by atoms with E-state index in [4.69, 9.17) is 37.4 Å². The lowest BCUT2D eigenvalue weighted by Crippen LogP contribution is -2.17. The number of nitriles is 2. The predicted octanol–water partition coefficient (Wildman–Crippen LogP) is 8.46. The van der Waals surface area contributed by atoms with E-state index in [-0.39, 0.29) is 12.7 Å². The molecule has 0 saturated carbocycles. The van der Waals surface area contributed by atoms with Crippen molar-refractivity contribution in [1.29, 1.82) is 10.5 Å². The molecule has 0 heterocycles. The zero-order valence-electron chi connectivity index (χ0n) is 26.3. The number of hydrogen-bond donors (Lipinski definition) is 2. The third-order valence-electron chi connectivity index (χ3n) is 8.54. The molecule has 10 heteroatoms. The number of aliphatic carboxylic acids is 1. The van der Waals surface area contributed by atoms with Gasteiger partial charge in [-0.1, -0.05) is 60.0 Å². The van der Waals surface area contributed by atoms with Crippen molar-refractivity contribution < 1.29 is 29.2 Å². The van der Waals surface area contributed by atoms with E-state index in [0.29, 0.717) is 69.7 Å². The van der Waals surface area contributed by atoms with Gasteiger partial charge >= 0.3 is 5.97 Å². The first-order valence-corrected chi connectivity index (χ1v) is 16.4. The monoisotopic (exact) mass is 684 g/mol. The number of carboxylic acid groups (broad SMARTS) is 1. The number of aryl methyl sites for hydroxylation is 1. The van der Waals surface area contributed by atoms with E-state index in [9.17, 15) is 25.5 Å². The van der Waals surface area contributed by atoms with Gasteiger partial charge in [0.25, 0.3) is 0 Å². The largest absolute Gasteiger partial charge is 0.495 e. The molecular formula is C38H34Cl2N2O6. The van der Waals surface area contributed by atoms with Crippen molar-refractivity contribution in [2.75, 3.05) is 13.7 Å². The molecule has 48 heavy (non-hydrogen) atoms. The van der Waals surface area contributed by atoms with Gasteiger partial charge in [-0.05, 0) is 90.3 Å². The number of ether oxygens (including phenoxy) is 3. The van der Waals surface area contributed by atoms with Crippen LogP contribution in [0.25, 0.3) is 11.1 Å². The van der Waals surface area contributed by atoms with Crippen molar-refractivity contribution in [2.24, 2.45) is 5.92 Å². The summed E-state index contributed by atoms with van der Waals surface area (Å²) in [5.41, 5.74) is 6.30.